The molecule has 0 fully saturated rings. The zero-order chi connectivity index (χ0) is 13.4. The molecular weight excluding hydrogens is 238 g/mol. The molecule has 0 radical (unpaired) electrons. The van der Waals surface area contributed by atoms with Gasteiger partial charge in [-0.25, -0.2) is 9.59 Å². The highest BCUT2D eigenvalue weighted by Gasteiger charge is 2.14. The summed E-state index contributed by atoms with van der Waals surface area (Å²) in [6.45, 7) is 2.26. The highest BCUT2D eigenvalue weighted by molar-refractivity contribution is 6.27. The van der Waals surface area contributed by atoms with Crippen molar-refractivity contribution in [3.8, 4) is 5.88 Å². The van der Waals surface area contributed by atoms with Crippen molar-refractivity contribution in [2.75, 3.05) is 13.2 Å². The summed E-state index contributed by atoms with van der Waals surface area (Å²) in [4.78, 5) is 18.5. The van der Waals surface area contributed by atoms with E-state index in [0.717, 1.165) is 0 Å². The van der Waals surface area contributed by atoms with E-state index in [2.05, 4.69) is 9.79 Å². The van der Waals surface area contributed by atoms with E-state index >= 15 is 0 Å². The molecule has 0 unspecified atom stereocenters. The van der Waals surface area contributed by atoms with Gasteiger partial charge in [-0.3, -0.25) is 4.63 Å². The Balaban J connectivity index is 0.000000366. The number of aromatic nitrogens is 2. The fraction of sp³-hybridized carbons (Fsp3) is 0.429. The molecule has 0 aliphatic carbocycles. The van der Waals surface area contributed by atoms with Crippen LogP contribution >= 0.6 is 0 Å². The van der Waals surface area contributed by atoms with Gasteiger partial charge in [-0.15, -0.1) is 0 Å². The van der Waals surface area contributed by atoms with E-state index in [0.29, 0.717) is 18.8 Å². The molecule has 1 rings (SSSR count). The van der Waals surface area contributed by atoms with Crippen LogP contribution in [0.4, 0.5) is 0 Å². The number of carboxylic acids is 2. The minimum Gasteiger partial charge on any atom is -0.473 e. The van der Waals surface area contributed by atoms with Crippen LogP contribution in [0.3, 0.4) is 0 Å². The molecule has 1 aromatic heterocycles. The first kappa shape index (κ1) is 14.6. The van der Waals surface area contributed by atoms with E-state index in [4.69, 9.17) is 30.3 Å². The molecule has 10 heteroatoms. The van der Waals surface area contributed by atoms with E-state index in [-0.39, 0.29) is 10.8 Å². The van der Waals surface area contributed by atoms with Crippen LogP contribution in [-0.2, 0) is 9.59 Å². The van der Waals surface area contributed by atoms with Crippen LogP contribution in [0.2, 0.25) is 0 Å². The molecule has 1 heterocycles. The Morgan fingerprint density at radius 2 is 2.06 bits per heavy atom. The summed E-state index contributed by atoms with van der Waals surface area (Å²) in [6.07, 6.45) is 0. The fourth-order valence-corrected chi connectivity index (χ4v) is 0.566. The van der Waals surface area contributed by atoms with Gasteiger partial charge in [0.2, 0.25) is 5.69 Å². The van der Waals surface area contributed by atoms with E-state index < -0.39 is 11.9 Å². The topological polar surface area (TPSA) is 163 Å². The Morgan fingerprint density at radius 3 is 2.35 bits per heavy atom. The Hall–Kier alpha value is -2.36. The number of rotatable bonds is 3. The Bertz CT molecular complexity index is 377. The standard InChI is InChI=1S/C5H9N3O3.C2H2O4/c1-4-5(10-3-2-6)7-11-8(4)9;3-1(4)2(5)6/h2-3,6H2,1H3;(H,3,4)(H,5,6). The van der Waals surface area contributed by atoms with Crippen molar-refractivity contribution in [3.63, 3.8) is 0 Å². The van der Waals surface area contributed by atoms with Crippen LogP contribution in [0.1, 0.15) is 5.69 Å². The predicted molar refractivity (Wildman–Crippen MR) is 50.0 cm³/mol. The Labute approximate surface area is 94.7 Å². The summed E-state index contributed by atoms with van der Waals surface area (Å²) in [5.41, 5.74) is 5.47. The van der Waals surface area contributed by atoms with Gasteiger partial charge in [0.15, 0.2) is 0 Å². The number of nitrogens with zero attached hydrogens (tertiary/aromatic N) is 2. The van der Waals surface area contributed by atoms with Crippen molar-refractivity contribution >= 4 is 11.9 Å². The second-order valence-electron chi connectivity index (χ2n) is 2.57. The van der Waals surface area contributed by atoms with Crippen LogP contribution in [0, 0.1) is 12.1 Å². The van der Waals surface area contributed by atoms with E-state index in [9.17, 15) is 5.21 Å². The highest BCUT2D eigenvalue weighted by atomic mass is 16.8. The number of carbonyl (C=O) groups is 2. The quantitative estimate of drug-likeness (QED) is 0.410. The molecule has 0 amide bonds. The first-order chi connectivity index (χ1) is 7.90. The second-order valence-corrected chi connectivity index (χ2v) is 2.57. The van der Waals surface area contributed by atoms with Gasteiger partial charge in [0.1, 0.15) is 6.61 Å². The lowest BCUT2D eigenvalue weighted by molar-refractivity contribution is -0.806. The number of hydrogen-bond acceptors (Lipinski definition) is 7. The summed E-state index contributed by atoms with van der Waals surface area (Å²) >= 11 is 0. The monoisotopic (exact) mass is 249 g/mol. The molecule has 17 heavy (non-hydrogen) atoms. The maximum atomic E-state index is 10.6. The van der Waals surface area contributed by atoms with Crippen LogP contribution in [0.15, 0.2) is 4.63 Å². The van der Waals surface area contributed by atoms with Gasteiger partial charge in [0, 0.05) is 13.5 Å². The predicted octanol–water partition coefficient (Wildman–Crippen LogP) is -1.89. The summed E-state index contributed by atoms with van der Waals surface area (Å²) < 4.78 is 9.19. The number of ether oxygens (including phenoxy) is 1. The lowest BCUT2D eigenvalue weighted by atomic mass is 10.5. The second kappa shape index (κ2) is 7.00. The molecule has 0 bridgehead atoms. The molecule has 1 aromatic rings. The molecule has 0 saturated heterocycles. The van der Waals surface area contributed by atoms with E-state index in [1.54, 1.807) is 6.92 Å². The summed E-state index contributed by atoms with van der Waals surface area (Å²) in [7, 11) is 0. The third-order valence-corrected chi connectivity index (χ3v) is 1.32. The molecule has 96 valence electrons. The number of carboxylic acid groups (broad SMARTS) is 2. The largest absolute Gasteiger partial charge is 0.473 e. The average molecular weight is 249 g/mol. The summed E-state index contributed by atoms with van der Waals surface area (Å²) in [5, 5.41) is 28.7. The van der Waals surface area contributed by atoms with Crippen molar-refractivity contribution in [2.45, 2.75) is 6.92 Å². The van der Waals surface area contributed by atoms with E-state index in [1.807, 2.05) is 0 Å². The Kier molecular flexibility index (Phi) is 6.03. The van der Waals surface area contributed by atoms with Crippen LogP contribution in [0.5, 0.6) is 5.88 Å². The molecule has 0 aromatic carbocycles. The molecule has 4 N–H and O–H groups in total. The summed E-state index contributed by atoms with van der Waals surface area (Å²) in [5.74, 6) is -3.45. The molecule has 0 aliphatic heterocycles. The lowest BCUT2D eigenvalue weighted by Gasteiger charge is -1.93. The first-order valence-corrected chi connectivity index (χ1v) is 4.25. The normalized spacial score (nSPS) is 9.06. The van der Waals surface area contributed by atoms with Gasteiger partial charge in [0.25, 0.3) is 0 Å². The molecule has 10 nitrogen and oxygen atoms in total. The van der Waals surface area contributed by atoms with Gasteiger partial charge >= 0.3 is 17.8 Å². The van der Waals surface area contributed by atoms with Crippen molar-refractivity contribution in [1.82, 2.24) is 5.16 Å². The zero-order valence-corrected chi connectivity index (χ0v) is 8.82. The SMILES string of the molecule is Cc1c(OCCN)no[n+]1[O-].O=C(O)C(=O)O. The van der Waals surface area contributed by atoms with Gasteiger partial charge in [-0.05, 0) is 4.90 Å². The molecule has 0 atom stereocenters. The van der Waals surface area contributed by atoms with Gasteiger partial charge in [-0.1, -0.05) is 0 Å². The smallest absolute Gasteiger partial charge is 0.414 e. The van der Waals surface area contributed by atoms with Crippen molar-refractivity contribution in [2.24, 2.45) is 5.73 Å². The van der Waals surface area contributed by atoms with Crippen LogP contribution in [0.25, 0.3) is 0 Å². The Morgan fingerprint density at radius 1 is 1.53 bits per heavy atom. The minimum absolute atomic E-state index is 0.199. The third-order valence-electron chi connectivity index (χ3n) is 1.32. The first-order valence-electron chi connectivity index (χ1n) is 4.25. The van der Waals surface area contributed by atoms with Crippen molar-refractivity contribution in [1.29, 1.82) is 0 Å². The third kappa shape index (κ3) is 5.32. The summed E-state index contributed by atoms with van der Waals surface area (Å²) in [6, 6.07) is 0. The fourth-order valence-electron chi connectivity index (χ4n) is 0.566. The zero-order valence-electron chi connectivity index (χ0n) is 8.82. The van der Waals surface area contributed by atoms with Crippen LogP contribution < -0.4 is 15.4 Å². The number of hydrogen-bond donors (Lipinski definition) is 3. The molecule has 0 spiro atoms. The number of aliphatic carboxylic acids is 2. The van der Waals surface area contributed by atoms with Crippen molar-refractivity contribution < 1.29 is 34.1 Å². The average Bonchev–Trinajstić information content (AvgIpc) is 2.58. The maximum absolute atomic E-state index is 10.6. The number of nitrogens with two attached hydrogens (primary N) is 1. The van der Waals surface area contributed by atoms with Gasteiger partial charge in [0.05, 0.1) is 5.16 Å². The maximum Gasteiger partial charge on any atom is 0.414 e. The van der Waals surface area contributed by atoms with Gasteiger partial charge < -0.3 is 25.9 Å². The minimum atomic E-state index is -1.82. The highest BCUT2D eigenvalue weighted by Crippen LogP contribution is 2.07. The van der Waals surface area contributed by atoms with Crippen LogP contribution in [-0.4, -0.2) is 40.5 Å². The lowest BCUT2D eigenvalue weighted by Crippen LogP contribution is -2.25. The molecule has 0 aliphatic rings. The van der Waals surface area contributed by atoms with E-state index in [1.165, 1.54) is 0 Å². The van der Waals surface area contributed by atoms with Crippen molar-refractivity contribution in [3.05, 3.63) is 10.9 Å². The molecule has 0 saturated carbocycles. The molecular formula is C7H11N3O7. The van der Waals surface area contributed by atoms with Gasteiger partial charge in [-0.2, -0.15) is 0 Å².